The van der Waals surface area contributed by atoms with Gasteiger partial charge >= 0.3 is 5.97 Å². The Bertz CT molecular complexity index is 395. The standard InChI is InChI=1S/C15H23NO2/c1-4-10-15(11-5-2,14(17)18)16-13-9-7-6-8-12(13)3/h6-9,16H,4-5,10-11H2,1-3H3,(H,17,18). The number of aliphatic carboxylic acids is 1. The van der Waals surface area contributed by atoms with E-state index in [0.717, 1.165) is 24.1 Å². The van der Waals surface area contributed by atoms with E-state index in [1.807, 2.05) is 45.0 Å². The second-order valence-corrected chi connectivity index (χ2v) is 4.83. The monoisotopic (exact) mass is 249 g/mol. The van der Waals surface area contributed by atoms with E-state index in [1.165, 1.54) is 0 Å². The van der Waals surface area contributed by atoms with Crippen LogP contribution in [0.3, 0.4) is 0 Å². The van der Waals surface area contributed by atoms with E-state index in [4.69, 9.17) is 0 Å². The predicted molar refractivity (Wildman–Crippen MR) is 75.0 cm³/mol. The van der Waals surface area contributed by atoms with Gasteiger partial charge in [0.05, 0.1) is 0 Å². The van der Waals surface area contributed by atoms with Crippen LogP contribution < -0.4 is 5.32 Å². The van der Waals surface area contributed by atoms with E-state index < -0.39 is 11.5 Å². The fourth-order valence-corrected chi connectivity index (χ4v) is 2.34. The molecule has 0 aliphatic heterocycles. The molecule has 1 aromatic rings. The molecule has 0 bridgehead atoms. The van der Waals surface area contributed by atoms with Crippen LogP contribution in [0.5, 0.6) is 0 Å². The normalized spacial score (nSPS) is 11.3. The Balaban J connectivity index is 3.03. The molecule has 0 amide bonds. The van der Waals surface area contributed by atoms with Crippen molar-refractivity contribution in [2.24, 2.45) is 0 Å². The van der Waals surface area contributed by atoms with Gasteiger partial charge in [0.15, 0.2) is 0 Å². The molecule has 1 rings (SSSR count). The Morgan fingerprint density at radius 1 is 1.22 bits per heavy atom. The maximum Gasteiger partial charge on any atom is 0.329 e. The number of carboxylic acids is 1. The highest BCUT2D eigenvalue weighted by atomic mass is 16.4. The molecule has 0 saturated heterocycles. The van der Waals surface area contributed by atoms with Gasteiger partial charge in [0.2, 0.25) is 0 Å². The Labute approximate surface area is 109 Å². The lowest BCUT2D eigenvalue weighted by Gasteiger charge is -2.32. The van der Waals surface area contributed by atoms with Crippen LogP contribution in [0.4, 0.5) is 5.69 Å². The summed E-state index contributed by atoms with van der Waals surface area (Å²) in [5, 5.41) is 12.8. The molecule has 0 fully saturated rings. The average molecular weight is 249 g/mol. The largest absolute Gasteiger partial charge is 0.480 e. The third-order valence-electron chi connectivity index (χ3n) is 3.28. The van der Waals surface area contributed by atoms with Gasteiger partial charge < -0.3 is 10.4 Å². The minimum Gasteiger partial charge on any atom is -0.480 e. The van der Waals surface area contributed by atoms with Crippen LogP contribution >= 0.6 is 0 Å². The molecule has 3 nitrogen and oxygen atoms in total. The summed E-state index contributed by atoms with van der Waals surface area (Å²) in [4.78, 5) is 11.7. The predicted octanol–water partition coefficient (Wildman–Crippen LogP) is 3.83. The average Bonchev–Trinajstić information content (AvgIpc) is 2.32. The van der Waals surface area contributed by atoms with Crippen molar-refractivity contribution in [1.29, 1.82) is 0 Å². The summed E-state index contributed by atoms with van der Waals surface area (Å²) in [6.07, 6.45) is 2.99. The van der Waals surface area contributed by atoms with E-state index in [1.54, 1.807) is 0 Å². The highest BCUT2D eigenvalue weighted by Crippen LogP contribution is 2.27. The van der Waals surface area contributed by atoms with Crippen molar-refractivity contribution in [2.75, 3.05) is 5.32 Å². The van der Waals surface area contributed by atoms with Gasteiger partial charge in [-0.2, -0.15) is 0 Å². The molecule has 0 heterocycles. The van der Waals surface area contributed by atoms with Crippen molar-refractivity contribution in [2.45, 2.75) is 52.0 Å². The van der Waals surface area contributed by atoms with Crippen LogP contribution in [0.25, 0.3) is 0 Å². The molecule has 0 atom stereocenters. The molecule has 0 saturated carbocycles. The minimum absolute atomic E-state index is 0.643. The third-order valence-corrected chi connectivity index (χ3v) is 3.28. The highest BCUT2D eigenvalue weighted by Gasteiger charge is 2.36. The van der Waals surface area contributed by atoms with Crippen LogP contribution in [-0.4, -0.2) is 16.6 Å². The molecule has 0 unspecified atom stereocenters. The van der Waals surface area contributed by atoms with E-state index in [0.29, 0.717) is 12.8 Å². The molecular weight excluding hydrogens is 226 g/mol. The second-order valence-electron chi connectivity index (χ2n) is 4.83. The maximum absolute atomic E-state index is 11.7. The van der Waals surface area contributed by atoms with Crippen LogP contribution in [0.2, 0.25) is 0 Å². The lowest BCUT2D eigenvalue weighted by Crippen LogP contribution is -2.46. The molecule has 0 aliphatic carbocycles. The second kappa shape index (κ2) is 6.43. The quantitative estimate of drug-likeness (QED) is 0.772. The number of para-hydroxylation sites is 1. The first-order valence-electron chi connectivity index (χ1n) is 6.63. The topological polar surface area (TPSA) is 49.3 Å². The zero-order chi connectivity index (χ0) is 13.6. The van der Waals surface area contributed by atoms with Crippen LogP contribution in [0, 0.1) is 6.92 Å². The van der Waals surface area contributed by atoms with Crippen LogP contribution in [0.15, 0.2) is 24.3 Å². The van der Waals surface area contributed by atoms with Crippen molar-refractivity contribution in [1.82, 2.24) is 0 Å². The van der Waals surface area contributed by atoms with Gasteiger partial charge in [-0.3, -0.25) is 0 Å². The first kappa shape index (κ1) is 14.6. The summed E-state index contributed by atoms with van der Waals surface area (Å²) in [6, 6.07) is 7.83. The van der Waals surface area contributed by atoms with Gasteiger partial charge in [0.1, 0.15) is 5.54 Å². The van der Waals surface area contributed by atoms with Crippen molar-refractivity contribution in [3.8, 4) is 0 Å². The molecule has 0 aliphatic rings. The number of anilines is 1. The summed E-state index contributed by atoms with van der Waals surface area (Å²) < 4.78 is 0. The highest BCUT2D eigenvalue weighted by molar-refractivity contribution is 5.83. The molecule has 100 valence electrons. The Morgan fingerprint density at radius 2 is 1.78 bits per heavy atom. The molecular formula is C15H23NO2. The number of hydrogen-bond acceptors (Lipinski definition) is 2. The van der Waals surface area contributed by atoms with E-state index in [2.05, 4.69) is 5.32 Å². The van der Waals surface area contributed by atoms with Gasteiger partial charge in [-0.15, -0.1) is 0 Å². The van der Waals surface area contributed by atoms with Gasteiger partial charge in [-0.1, -0.05) is 44.9 Å². The van der Waals surface area contributed by atoms with Crippen molar-refractivity contribution in [3.05, 3.63) is 29.8 Å². The van der Waals surface area contributed by atoms with Gasteiger partial charge in [-0.25, -0.2) is 4.79 Å². The lowest BCUT2D eigenvalue weighted by molar-refractivity contribution is -0.142. The fourth-order valence-electron chi connectivity index (χ4n) is 2.34. The number of nitrogens with one attached hydrogen (secondary N) is 1. The minimum atomic E-state index is -0.838. The van der Waals surface area contributed by atoms with Crippen molar-refractivity contribution in [3.63, 3.8) is 0 Å². The zero-order valence-corrected chi connectivity index (χ0v) is 11.5. The maximum atomic E-state index is 11.7. The smallest absolute Gasteiger partial charge is 0.329 e. The zero-order valence-electron chi connectivity index (χ0n) is 11.5. The van der Waals surface area contributed by atoms with Gasteiger partial charge in [-0.05, 0) is 31.4 Å². The first-order valence-corrected chi connectivity index (χ1v) is 6.63. The molecule has 18 heavy (non-hydrogen) atoms. The Morgan fingerprint density at radius 3 is 2.22 bits per heavy atom. The van der Waals surface area contributed by atoms with Crippen LogP contribution in [0.1, 0.15) is 45.1 Å². The third kappa shape index (κ3) is 3.25. The van der Waals surface area contributed by atoms with Gasteiger partial charge in [0.25, 0.3) is 0 Å². The Hall–Kier alpha value is -1.51. The first-order chi connectivity index (χ1) is 8.55. The van der Waals surface area contributed by atoms with E-state index in [9.17, 15) is 9.90 Å². The number of aryl methyl sites for hydroxylation is 1. The molecule has 1 aromatic carbocycles. The molecule has 0 aromatic heterocycles. The fraction of sp³-hybridized carbons (Fsp3) is 0.533. The molecule has 3 heteroatoms. The number of benzene rings is 1. The summed E-state index contributed by atoms with van der Waals surface area (Å²) in [5.41, 5.74) is 1.16. The number of hydrogen-bond donors (Lipinski definition) is 2. The molecule has 2 N–H and O–H groups in total. The van der Waals surface area contributed by atoms with Crippen molar-refractivity contribution < 1.29 is 9.90 Å². The Kier molecular flexibility index (Phi) is 5.20. The SMILES string of the molecule is CCCC(CCC)(Nc1ccccc1C)C(=O)O. The summed E-state index contributed by atoms with van der Waals surface area (Å²) in [5.74, 6) is -0.755. The van der Waals surface area contributed by atoms with E-state index in [-0.39, 0.29) is 0 Å². The molecule has 0 radical (unpaired) electrons. The lowest BCUT2D eigenvalue weighted by atomic mass is 9.88. The van der Waals surface area contributed by atoms with Crippen LogP contribution in [-0.2, 0) is 4.79 Å². The van der Waals surface area contributed by atoms with Gasteiger partial charge in [0, 0.05) is 5.69 Å². The summed E-state index contributed by atoms with van der Waals surface area (Å²) in [6.45, 7) is 6.03. The van der Waals surface area contributed by atoms with Crippen molar-refractivity contribution >= 4 is 11.7 Å². The number of carboxylic acid groups (broad SMARTS) is 1. The van der Waals surface area contributed by atoms with E-state index >= 15 is 0 Å². The summed E-state index contributed by atoms with van der Waals surface area (Å²) in [7, 11) is 0. The molecule has 0 spiro atoms. The number of carbonyl (C=O) groups is 1. The number of rotatable bonds is 7. The summed E-state index contributed by atoms with van der Waals surface area (Å²) >= 11 is 0.